The SMILES string of the molecule is CO[C@@H]1C[C@@]23Oc4c(cc(C(=O)O)c5c4CNC5=O)C[C@]2(C)[C@@H](C)CC[C@H]3C(C)(C)[C@H]1Br. The smallest absolute Gasteiger partial charge is 0.336 e. The lowest BCUT2D eigenvalue weighted by atomic mass is 9.43. The highest BCUT2D eigenvalue weighted by Crippen LogP contribution is 2.67. The number of carboxylic acid groups (broad SMARTS) is 1. The maximum Gasteiger partial charge on any atom is 0.336 e. The lowest BCUT2D eigenvalue weighted by molar-refractivity contribution is -0.229. The van der Waals surface area contributed by atoms with E-state index in [1.807, 2.05) is 0 Å². The summed E-state index contributed by atoms with van der Waals surface area (Å²) in [5, 5.41) is 12.6. The van der Waals surface area contributed by atoms with Crippen molar-refractivity contribution in [3.8, 4) is 5.75 Å². The van der Waals surface area contributed by atoms with Crippen LogP contribution in [0.1, 0.15) is 78.8 Å². The minimum absolute atomic E-state index is 0.00137. The molecule has 4 aliphatic rings. The van der Waals surface area contributed by atoms with Crippen molar-refractivity contribution in [2.45, 2.75) is 76.5 Å². The van der Waals surface area contributed by atoms with Gasteiger partial charge in [-0.25, -0.2) is 4.79 Å². The number of methoxy groups -OCH3 is 1. The van der Waals surface area contributed by atoms with Gasteiger partial charge >= 0.3 is 5.97 Å². The van der Waals surface area contributed by atoms with Gasteiger partial charge in [-0.2, -0.15) is 0 Å². The summed E-state index contributed by atoms with van der Waals surface area (Å²) in [7, 11) is 1.77. The monoisotopic (exact) mass is 505 g/mol. The highest BCUT2D eigenvalue weighted by atomic mass is 79.9. The van der Waals surface area contributed by atoms with Gasteiger partial charge < -0.3 is 19.9 Å². The summed E-state index contributed by atoms with van der Waals surface area (Å²) in [6, 6.07) is 1.69. The van der Waals surface area contributed by atoms with Crippen molar-refractivity contribution in [2.24, 2.45) is 22.7 Å². The van der Waals surface area contributed by atoms with Crippen LogP contribution in [0.2, 0.25) is 0 Å². The van der Waals surface area contributed by atoms with Crippen molar-refractivity contribution in [3.05, 3.63) is 28.3 Å². The fraction of sp³-hybridized carbons (Fsp3) is 0.680. The Balaban J connectivity index is 1.75. The van der Waals surface area contributed by atoms with Crippen LogP contribution in [0.3, 0.4) is 0 Å². The number of hydrogen-bond acceptors (Lipinski definition) is 4. The highest BCUT2D eigenvalue weighted by molar-refractivity contribution is 9.09. The molecule has 1 aromatic carbocycles. The summed E-state index contributed by atoms with van der Waals surface area (Å²) in [5.74, 6) is 0.0379. The first-order valence-electron chi connectivity index (χ1n) is 11.5. The molecule has 0 aromatic heterocycles. The number of halogens is 1. The molecular weight excluding hydrogens is 474 g/mol. The molecule has 1 aromatic rings. The van der Waals surface area contributed by atoms with Crippen molar-refractivity contribution >= 4 is 27.8 Å². The number of hydrogen-bond donors (Lipinski definition) is 2. The van der Waals surface area contributed by atoms with Gasteiger partial charge in [-0.05, 0) is 42.2 Å². The van der Waals surface area contributed by atoms with E-state index in [2.05, 4.69) is 48.9 Å². The molecule has 174 valence electrons. The van der Waals surface area contributed by atoms with Crippen LogP contribution in [0.5, 0.6) is 5.75 Å². The van der Waals surface area contributed by atoms with E-state index in [0.717, 1.165) is 37.0 Å². The van der Waals surface area contributed by atoms with E-state index in [-0.39, 0.29) is 38.8 Å². The quantitative estimate of drug-likeness (QED) is 0.575. The van der Waals surface area contributed by atoms with Crippen LogP contribution in [-0.4, -0.2) is 40.6 Å². The average molecular weight is 506 g/mol. The predicted molar refractivity (Wildman–Crippen MR) is 124 cm³/mol. The Kier molecular flexibility index (Phi) is 4.82. The molecule has 0 saturated heterocycles. The van der Waals surface area contributed by atoms with E-state index >= 15 is 0 Å². The van der Waals surface area contributed by atoms with Crippen molar-refractivity contribution in [2.75, 3.05) is 7.11 Å². The van der Waals surface area contributed by atoms with Gasteiger partial charge in [0.1, 0.15) is 11.4 Å². The third kappa shape index (κ3) is 2.61. The third-order valence-corrected chi connectivity index (χ3v) is 11.2. The summed E-state index contributed by atoms with van der Waals surface area (Å²) < 4.78 is 13.1. The molecular formula is C25H32BrNO5. The highest BCUT2D eigenvalue weighted by Gasteiger charge is 2.69. The fourth-order valence-corrected chi connectivity index (χ4v) is 8.16. The van der Waals surface area contributed by atoms with Gasteiger partial charge in [-0.15, -0.1) is 0 Å². The van der Waals surface area contributed by atoms with Gasteiger partial charge in [0, 0.05) is 41.8 Å². The largest absolute Gasteiger partial charge is 0.486 e. The second-order valence-corrected chi connectivity index (χ2v) is 12.1. The van der Waals surface area contributed by atoms with Gasteiger partial charge in [-0.3, -0.25) is 4.79 Å². The van der Waals surface area contributed by atoms with Crippen LogP contribution in [0, 0.1) is 22.7 Å². The average Bonchev–Trinajstić information content (AvgIpc) is 3.11. The van der Waals surface area contributed by atoms with Crippen molar-refractivity contribution in [1.29, 1.82) is 0 Å². The third-order valence-electron chi connectivity index (χ3n) is 9.43. The molecule has 6 atom stereocenters. The normalized spacial score (nSPS) is 39.1. The van der Waals surface area contributed by atoms with Gasteiger partial charge in [-0.1, -0.05) is 43.6 Å². The topological polar surface area (TPSA) is 84.9 Å². The molecule has 2 N–H and O–H groups in total. The Hall–Kier alpha value is -1.60. The maximum atomic E-state index is 12.5. The number of ether oxygens (including phenoxy) is 2. The first kappa shape index (κ1) is 22.2. The van der Waals surface area contributed by atoms with E-state index in [1.165, 1.54) is 0 Å². The molecule has 6 nitrogen and oxygen atoms in total. The number of carbonyl (C=O) groups is 2. The first-order valence-corrected chi connectivity index (χ1v) is 12.5. The van der Waals surface area contributed by atoms with Crippen molar-refractivity contribution < 1.29 is 24.2 Å². The Labute approximate surface area is 197 Å². The van der Waals surface area contributed by atoms with Crippen LogP contribution in [0.15, 0.2) is 6.07 Å². The summed E-state index contributed by atoms with van der Waals surface area (Å²) in [6.45, 7) is 9.55. The lowest BCUT2D eigenvalue weighted by Crippen LogP contribution is -2.72. The summed E-state index contributed by atoms with van der Waals surface area (Å²) >= 11 is 3.96. The van der Waals surface area contributed by atoms with Crippen LogP contribution < -0.4 is 10.1 Å². The molecule has 0 radical (unpaired) electrons. The maximum absolute atomic E-state index is 12.5. The molecule has 5 rings (SSSR count). The number of rotatable bonds is 2. The number of nitrogens with one attached hydrogen (secondary N) is 1. The van der Waals surface area contributed by atoms with E-state index in [9.17, 15) is 14.7 Å². The molecule has 2 aliphatic heterocycles. The number of fused-ring (bicyclic) bond motifs is 3. The standard InChI is InChI=1S/C25H32BrNO5/c1-12-6-7-17-23(2,3)20(26)16(31-5)10-25(17)24(12,4)9-13-8-14(22(29)30)18-15(19(13)32-25)11-27-21(18)28/h8,12,16-17,20H,6-7,9-11H2,1-5H3,(H,27,28)(H,29,30)/t12-,16+,17-,20-,24+,25-/m0/s1. The molecule has 2 fully saturated rings. The Morgan fingerprint density at radius 2 is 2.03 bits per heavy atom. The molecule has 2 aliphatic carbocycles. The number of aromatic carboxylic acids is 1. The second-order valence-electron chi connectivity index (χ2n) is 11.1. The van der Waals surface area contributed by atoms with E-state index in [0.29, 0.717) is 23.9 Å². The molecule has 32 heavy (non-hydrogen) atoms. The van der Waals surface area contributed by atoms with Crippen molar-refractivity contribution in [3.63, 3.8) is 0 Å². The molecule has 1 spiro atoms. The Bertz CT molecular complexity index is 1020. The number of benzene rings is 1. The zero-order valence-electron chi connectivity index (χ0n) is 19.4. The second kappa shape index (κ2) is 6.95. The summed E-state index contributed by atoms with van der Waals surface area (Å²) in [6.07, 6.45) is 3.69. The molecule has 7 heteroatoms. The van der Waals surface area contributed by atoms with Crippen LogP contribution in [0.25, 0.3) is 0 Å². The Morgan fingerprint density at radius 1 is 1.31 bits per heavy atom. The van der Waals surface area contributed by atoms with Gasteiger partial charge in [0.2, 0.25) is 0 Å². The van der Waals surface area contributed by atoms with E-state index in [1.54, 1.807) is 13.2 Å². The zero-order valence-corrected chi connectivity index (χ0v) is 21.0. The molecule has 2 heterocycles. The van der Waals surface area contributed by atoms with Gasteiger partial charge in [0.25, 0.3) is 5.91 Å². The molecule has 0 unspecified atom stereocenters. The number of carbonyl (C=O) groups excluding carboxylic acids is 1. The number of carboxylic acids is 1. The zero-order chi connectivity index (χ0) is 23.2. The van der Waals surface area contributed by atoms with E-state index < -0.39 is 11.6 Å². The molecule has 2 saturated carbocycles. The summed E-state index contributed by atoms with van der Waals surface area (Å²) in [4.78, 5) is 24.8. The van der Waals surface area contributed by atoms with Crippen LogP contribution in [-0.2, 0) is 17.7 Å². The van der Waals surface area contributed by atoms with Crippen LogP contribution in [0.4, 0.5) is 0 Å². The minimum atomic E-state index is -1.07. The first-order chi connectivity index (χ1) is 15.0. The number of amides is 1. The lowest BCUT2D eigenvalue weighted by Gasteiger charge is -2.68. The van der Waals surface area contributed by atoms with Gasteiger partial charge in [0.05, 0.1) is 17.2 Å². The molecule has 1 amide bonds. The predicted octanol–water partition coefficient (Wildman–Crippen LogP) is 4.56. The molecule has 0 bridgehead atoms. The minimum Gasteiger partial charge on any atom is -0.486 e. The van der Waals surface area contributed by atoms with Crippen molar-refractivity contribution in [1.82, 2.24) is 5.32 Å². The Morgan fingerprint density at radius 3 is 2.69 bits per heavy atom. The number of alkyl halides is 1. The van der Waals surface area contributed by atoms with E-state index in [4.69, 9.17) is 9.47 Å². The summed E-state index contributed by atoms with van der Waals surface area (Å²) in [5.41, 5.74) is 1.26. The van der Waals surface area contributed by atoms with Crippen LogP contribution >= 0.6 is 15.9 Å². The van der Waals surface area contributed by atoms with Gasteiger partial charge in [0.15, 0.2) is 0 Å². The fourth-order valence-electron chi connectivity index (χ4n) is 7.43.